The monoisotopic (exact) mass is 195 g/mol. The molecule has 0 aromatic carbocycles. The van der Waals surface area contributed by atoms with Crippen molar-refractivity contribution in [2.75, 3.05) is 13.6 Å². The number of nitrogens with zero attached hydrogens (tertiary/aromatic N) is 2. The molecule has 0 fully saturated rings. The molecule has 80 valence electrons. The van der Waals surface area contributed by atoms with Gasteiger partial charge in [0, 0.05) is 12.7 Å². The van der Waals surface area contributed by atoms with Crippen LogP contribution in [0, 0.1) is 0 Å². The van der Waals surface area contributed by atoms with E-state index in [2.05, 4.69) is 17.3 Å². The molecule has 0 spiro atoms. The lowest BCUT2D eigenvalue weighted by atomic mass is 10.1. The van der Waals surface area contributed by atoms with Gasteiger partial charge in [-0.25, -0.2) is 0 Å². The molecule has 0 saturated carbocycles. The maximum Gasteiger partial charge on any atom is 0.0524 e. The highest BCUT2D eigenvalue weighted by molar-refractivity contribution is 5.17. The lowest BCUT2D eigenvalue weighted by molar-refractivity contribution is 0.655. The van der Waals surface area contributed by atoms with Gasteiger partial charge in [0.2, 0.25) is 0 Å². The number of aromatic nitrogens is 2. The highest BCUT2D eigenvalue weighted by Crippen LogP contribution is 2.11. The second-order valence-electron chi connectivity index (χ2n) is 3.70. The topological polar surface area (TPSA) is 29.9 Å². The van der Waals surface area contributed by atoms with Crippen LogP contribution in [-0.2, 0) is 19.9 Å². The number of hydrogen-bond acceptors (Lipinski definition) is 2. The molecule has 0 aliphatic heterocycles. The highest BCUT2D eigenvalue weighted by Gasteiger charge is 2.06. The SMILES string of the molecule is CCCc1cnn(C)c1CCCNC. The highest BCUT2D eigenvalue weighted by atomic mass is 15.3. The van der Waals surface area contributed by atoms with Crippen LogP contribution >= 0.6 is 0 Å². The van der Waals surface area contributed by atoms with E-state index in [9.17, 15) is 0 Å². The zero-order valence-corrected chi connectivity index (χ0v) is 9.51. The summed E-state index contributed by atoms with van der Waals surface area (Å²) < 4.78 is 2.01. The van der Waals surface area contributed by atoms with Crippen LogP contribution in [0.25, 0.3) is 0 Å². The summed E-state index contributed by atoms with van der Waals surface area (Å²) in [4.78, 5) is 0. The molecule has 0 bridgehead atoms. The Balaban J connectivity index is 2.57. The standard InChI is InChI=1S/C11H21N3/c1-4-6-10-9-13-14(3)11(10)7-5-8-12-2/h9,12H,4-8H2,1-3H3. The Hall–Kier alpha value is -0.830. The van der Waals surface area contributed by atoms with Gasteiger partial charge in [0.15, 0.2) is 0 Å². The van der Waals surface area contributed by atoms with Crippen molar-refractivity contribution in [1.29, 1.82) is 0 Å². The van der Waals surface area contributed by atoms with Crippen molar-refractivity contribution in [2.45, 2.75) is 32.6 Å². The van der Waals surface area contributed by atoms with Gasteiger partial charge in [0.1, 0.15) is 0 Å². The lowest BCUT2D eigenvalue weighted by Crippen LogP contribution is -2.10. The molecule has 1 heterocycles. The van der Waals surface area contributed by atoms with Crippen LogP contribution in [0.3, 0.4) is 0 Å². The van der Waals surface area contributed by atoms with Crippen molar-refractivity contribution >= 4 is 0 Å². The maximum atomic E-state index is 4.31. The molecule has 0 atom stereocenters. The van der Waals surface area contributed by atoms with Gasteiger partial charge in [0.25, 0.3) is 0 Å². The summed E-state index contributed by atoms with van der Waals surface area (Å²) in [5.74, 6) is 0. The number of nitrogens with one attached hydrogen (secondary N) is 1. The average Bonchev–Trinajstić information content (AvgIpc) is 2.50. The Morgan fingerprint density at radius 1 is 1.43 bits per heavy atom. The van der Waals surface area contributed by atoms with Gasteiger partial charge in [-0.15, -0.1) is 0 Å². The Kier molecular flexibility index (Phi) is 4.66. The first-order chi connectivity index (χ1) is 6.79. The van der Waals surface area contributed by atoms with E-state index in [-0.39, 0.29) is 0 Å². The molecule has 3 nitrogen and oxygen atoms in total. The largest absolute Gasteiger partial charge is 0.320 e. The van der Waals surface area contributed by atoms with Crippen LogP contribution in [0.1, 0.15) is 31.0 Å². The quantitative estimate of drug-likeness (QED) is 0.698. The van der Waals surface area contributed by atoms with Crippen LogP contribution in [0.2, 0.25) is 0 Å². The minimum absolute atomic E-state index is 1.08. The van der Waals surface area contributed by atoms with Gasteiger partial charge >= 0.3 is 0 Å². The zero-order valence-electron chi connectivity index (χ0n) is 9.51. The van der Waals surface area contributed by atoms with Gasteiger partial charge in [-0.2, -0.15) is 5.10 Å². The summed E-state index contributed by atoms with van der Waals surface area (Å²) in [5, 5.41) is 7.48. The molecule has 1 aromatic rings. The summed E-state index contributed by atoms with van der Waals surface area (Å²) in [6, 6.07) is 0. The van der Waals surface area contributed by atoms with Crippen LogP contribution in [0.15, 0.2) is 6.20 Å². The fraction of sp³-hybridized carbons (Fsp3) is 0.727. The number of rotatable bonds is 6. The second kappa shape index (κ2) is 5.81. The third-order valence-electron chi connectivity index (χ3n) is 2.51. The minimum atomic E-state index is 1.08. The first-order valence-corrected chi connectivity index (χ1v) is 5.44. The Morgan fingerprint density at radius 2 is 2.21 bits per heavy atom. The third kappa shape index (κ3) is 2.84. The number of hydrogen-bond donors (Lipinski definition) is 1. The fourth-order valence-electron chi connectivity index (χ4n) is 1.74. The molecule has 0 saturated heterocycles. The van der Waals surface area contributed by atoms with Crippen molar-refractivity contribution in [1.82, 2.24) is 15.1 Å². The maximum absolute atomic E-state index is 4.31. The van der Waals surface area contributed by atoms with Gasteiger partial charge in [0.05, 0.1) is 6.20 Å². The molecule has 1 N–H and O–H groups in total. The van der Waals surface area contributed by atoms with Crippen molar-refractivity contribution in [3.05, 3.63) is 17.5 Å². The molecule has 14 heavy (non-hydrogen) atoms. The molecule has 1 rings (SSSR count). The predicted molar refractivity (Wildman–Crippen MR) is 59.5 cm³/mol. The normalized spacial score (nSPS) is 10.8. The van der Waals surface area contributed by atoms with E-state index < -0.39 is 0 Å². The van der Waals surface area contributed by atoms with E-state index in [0.717, 1.165) is 19.4 Å². The Bertz CT molecular complexity index is 265. The van der Waals surface area contributed by atoms with Crippen molar-refractivity contribution in [3.8, 4) is 0 Å². The fourth-order valence-corrected chi connectivity index (χ4v) is 1.74. The van der Waals surface area contributed by atoms with E-state index in [4.69, 9.17) is 0 Å². The molecular weight excluding hydrogens is 174 g/mol. The van der Waals surface area contributed by atoms with Gasteiger partial charge in [-0.3, -0.25) is 4.68 Å². The van der Waals surface area contributed by atoms with Gasteiger partial charge in [-0.05, 0) is 38.4 Å². The zero-order chi connectivity index (χ0) is 10.4. The van der Waals surface area contributed by atoms with E-state index in [0.29, 0.717) is 0 Å². The van der Waals surface area contributed by atoms with E-state index >= 15 is 0 Å². The molecule has 0 aliphatic carbocycles. The molecule has 0 amide bonds. The lowest BCUT2D eigenvalue weighted by Gasteiger charge is -2.05. The summed E-state index contributed by atoms with van der Waals surface area (Å²) in [6.45, 7) is 3.29. The van der Waals surface area contributed by atoms with Crippen molar-refractivity contribution in [2.24, 2.45) is 7.05 Å². The van der Waals surface area contributed by atoms with Crippen LogP contribution in [0.5, 0.6) is 0 Å². The smallest absolute Gasteiger partial charge is 0.0524 e. The van der Waals surface area contributed by atoms with E-state index in [1.54, 1.807) is 0 Å². The Labute approximate surface area is 86.5 Å². The van der Waals surface area contributed by atoms with Gasteiger partial charge < -0.3 is 5.32 Å². The van der Waals surface area contributed by atoms with Crippen molar-refractivity contribution < 1.29 is 0 Å². The van der Waals surface area contributed by atoms with Crippen LogP contribution in [-0.4, -0.2) is 23.4 Å². The summed E-state index contributed by atoms with van der Waals surface area (Å²) in [7, 11) is 4.03. The summed E-state index contributed by atoms with van der Waals surface area (Å²) in [5.41, 5.74) is 2.83. The third-order valence-corrected chi connectivity index (χ3v) is 2.51. The summed E-state index contributed by atoms with van der Waals surface area (Å²) in [6.07, 6.45) is 6.69. The van der Waals surface area contributed by atoms with Gasteiger partial charge in [-0.1, -0.05) is 13.3 Å². The molecule has 0 unspecified atom stereocenters. The molecule has 3 heteroatoms. The first kappa shape index (κ1) is 11.2. The predicted octanol–water partition coefficient (Wildman–Crippen LogP) is 1.52. The molecular formula is C11H21N3. The van der Waals surface area contributed by atoms with Crippen molar-refractivity contribution in [3.63, 3.8) is 0 Å². The van der Waals surface area contributed by atoms with E-state index in [1.807, 2.05) is 25.0 Å². The minimum Gasteiger partial charge on any atom is -0.320 e. The first-order valence-electron chi connectivity index (χ1n) is 5.44. The van der Waals surface area contributed by atoms with Crippen LogP contribution < -0.4 is 5.32 Å². The molecule has 1 aromatic heterocycles. The summed E-state index contributed by atoms with van der Waals surface area (Å²) >= 11 is 0. The molecule has 0 aliphatic rings. The van der Waals surface area contributed by atoms with Crippen LogP contribution in [0.4, 0.5) is 0 Å². The van der Waals surface area contributed by atoms with E-state index in [1.165, 1.54) is 24.1 Å². The average molecular weight is 195 g/mol. The Morgan fingerprint density at radius 3 is 2.86 bits per heavy atom. The second-order valence-corrected chi connectivity index (χ2v) is 3.70. The number of aryl methyl sites for hydroxylation is 2. The molecule has 0 radical (unpaired) electrons.